The molecule has 0 aliphatic heterocycles. The van der Waals surface area contributed by atoms with Crippen LogP contribution in [0.5, 0.6) is 0 Å². The minimum Gasteiger partial charge on any atom is -0.409 e. The number of nitrogens with zero attached hydrogens (tertiary/aromatic N) is 3. The third-order valence-corrected chi connectivity index (χ3v) is 3.14. The maximum Gasteiger partial charge on any atom is 0.174 e. The molecule has 0 radical (unpaired) electrons. The van der Waals surface area contributed by atoms with Crippen LogP contribution in [0.2, 0.25) is 0 Å². The van der Waals surface area contributed by atoms with Crippen molar-refractivity contribution in [1.82, 2.24) is 4.98 Å². The van der Waals surface area contributed by atoms with Crippen LogP contribution in [0.1, 0.15) is 36.6 Å². The smallest absolute Gasteiger partial charge is 0.174 e. The zero-order valence-corrected chi connectivity index (χ0v) is 12.4. The minimum atomic E-state index is 0.0357. The molecule has 0 spiro atoms. The van der Waals surface area contributed by atoms with Gasteiger partial charge in [0.1, 0.15) is 5.82 Å². The summed E-state index contributed by atoms with van der Waals surface area (Å²) in [6.07, 6.45) is 2.04. The summed E-state index contributed by atoms with van der Waals surface area (Å²) in [4.78, 5) is 6.50. The lowest BCUT2D eigenvalue weighted by Gasteiger charge is -2.26. The fraction of sp³-hybridized carbons (Fsp3) is 0.571. The molecular formula is C14H24N4O2. The van der Waals surface area contributed by atoms with Crippen LogP contribution < -0.4 is 10.6 Å². The summed E-state index contributed by atoms with van der Waals surface area (Å²) in [6.45, 7) is 7.21. The van der Waals surface area contributed by atoms with Gasteiger partial charge < -0.3 is 20.9 Å². The number of hydrogen-bond donors (Lipinski definition) is 3. The van der Waals surface area contributed by atoms with Crippen molar-refractivity contribution in [2.45, 2.75) is 33.6 Å². The molecule has 0 atom stereocenters. The van der Waals surface area contributed by atoms with Crippen LogP contribution >= 0.6 is 0 Å². The Labute approximate surface area is 119 Å². The van der Waals surface area contributed by atoms with Gasteiger partial charge in [-0.25, -0.2) is 4.98 Å². The summed E-state index contributed by atoms with van der Waals surface area (Å²) in [6, 6.07) is 1.90. The molecule has 0 aliphatic rings. The number of aromatic nitrogens is 1. The van der Waals surface area contributed by atoms with Gasteiger partial charge in [-0.05, 0) is 31.9 Å². The number of pyridine rings is 1. The highest BCUT2D eigenvalue weighted by Gasteiger charge is 2.18. The van der Waals surface area contributed by atoms with Crippen molar-refractivity contribution < 1.29 is 10.3 Å². The first-order valence-electron chi connectivity index (χ1n) is 6.87. The minimum absolute atomic E-state index is 0.0357. The van der Waals surface area contributed by atoms with Gasteiger partial charge in [-0.15, -0.1) is 0 Å². The summed E-state index contributed by atoms with van der Waals surface area (Å²) in [7, 11) is 0. The molecule has 0 saturated heterocycles. The molecule has 6 nitrogen and oxygen atoms in total. The fourth-order valence-corrected chi connectivity index (χ4v) is 2.21. The summed E-state index contributed by atoms with van der Waals surface area (Å²) >= 11 is 0. The van der Waals surface area contributed by atoms with Gasteiger partial charge in [0.2, 0.25) is 0 Å². The fourth-order valence-electron chi connectivity index (χ4n) is 2.21. The first-order valence-corrected chi connectivity index (χ1v) is 6.87. The van der Waals surface area contributed by atoms with E-state index in [4.69, 9.17) is 10.9 Å². The number of oxime groups is 1. The standard InChI is InChI=1S/C14H24N4O2/c1-4-5-6-18(7-8-19)14-12(13(15)17-20)10(2)9-11(3)16-14/h9,19-20H,4-8H2,1-3H3,(H2,15,17). The number of rotatable bonds is 7. The van der Waals surface area contributed by atoms with Gasteiger partial charge in [-0.1, -0.05) is 18.5 Å². The van der Waals surface area contributed by atoms with Crippen molar-refractivity contribution in [3.8, 4) is 0 Å². The topological polar surface area (TPSA) is 95.0 Å². The summed E-state index contributed by atoms with van der Waals surface area (Å²) in [5.74, 6) is 0.713. The maximum atomic E-state index is 9.24. The SMILES string of the molecule is CCCCN(CCO)c1nc(C)cc(C)c1C(N)=NO. The van der Waals surface area contributed by atoms with Gasteiger partial charge in [0.25, 0.3) is 0 Å². The van der Waals surface area contributed by atoms with Gasteiger partial charge >= 0.3 is 0 Å². The lowest BCUT2D eigenvalue weighted by molar-refractivity contribution is 0.301. The van der Waals surface area contributed by atoms with Crippen molar-refractivity contribution in [1.29, 1.82) is 0 Å². The molecule has 0 fully saturated rings. The molecule has 0 unspecified atom stereocenters. The van der Waals surface area contributed by atoms with Crippen LogP contribution in [-0.4, -0.2) is 40.8 Å². The number of aryl methyl sites for hydroxylation is 2. The molecule has 1 aromatic heterocycles. The molecule has 0 aromatic carbocycles. The Kier molecular flexibility index (Phi) is 6.24. The Hall–Kier alpha value is -1.82. The van der Waals surface area contributed by atoms with Crippen LogP contribution in [0, 0.1) is 13.8 Å². The zero-order valence-electron chi connectivity index (χ0n) is 12.4. The average Bonchev–Trinajstić information content (AvgIpc) is 2.41. The highest BCUT2D eigenvalue weighted by atomic mass is 16.4. The number of aliphatic hydroxyl groups excluding tert-OH is 1. The second kappa shape index (κ2) is 7.69. The third kappa shape index (κ3) is 3.84. The largest absolute Gasteiger partial charge is 0.409 e. The van der Waals surface area contributed by atoms with E-state index in [1.165, 1.54) is 0 Å². The van der Waals surface area contributed by atoms with Crippen molar-refractivity contribution in [3.05, 3.63) is 22.9 Å². The van der Waals surface area contributed by atoms with Crippen LogP contribution in [0.4, 0.5) is 5.82 Å². The Morgan fingerprint density at radius 2 is 2.10 bits per heavy atom. The van der Waals surface area contributed by atoms with Crippen LogP contribution in [0.15, 0.2) is 11.2 Å². The van der Waals surface area contributed by atoms with Gasteiger partial charge in [0, 0.05) is 18.8 Å². The Bertz CT molecular complexity index is 474. The number of amidine groups is 1. The lowest BCUT2D eigenvalue weighted by Crippen LogP contribution is -2.32. The molecule has 0 bridgehead atoms. The second-order valence-corrected chi connectivity index (χ2v) is 4.83. The van der Waals surface area contributed by atoms with Crippen LogP contribution in [-0.2, 0) is 0 Å². The highest BCUT2D eigenvalue weighted by Crippen LogP contribution is 2.23. The summed E-state index contributed by atoms with van der Waals surface area (Å²) in [5.41, 5.74) is 8.18. The molecule has 0 saturated carbocycles. The van der Waals surface area contributed by atoms with Gasteiger partial charge in [0.05, 0.1) is 12.2 Å². The number of nitrogens with two attached hydrogens (primary N) is 1. The Balaban J connectivity index is 3.30. The molecule has 1 rings (SSSR count). The van der Waals surface area contributed by atoms with Gasteiger partial charge in [0.15, 0.2) is 5.84 Å². The van der Waals surface area contributed by atoms with Gasteiger partial charge in [-0.2, -0.15) is 0 Å². The van der Waals surface area contributed by atoms with Gasteiger partial charge in [-0.3, -0.25) is 0 Å². The normalized spacial score (nSPS) is 11.7. The summed E-state index contributed by atoms with van der Waals surface area (Å²) in [5, 5.41) is 21.3. The Morgan fingerprint density at radius 1 is 1.40 bits per heavy atom. The lowest BCUT2D eigenvalue weighted by atomic mass is 10.1. The van der Waals surface area contributed by atoms with Crippen molar-refractivity contribution in [2.75, 3.05) is 24.6 Å². The predicted molar refractivity (Wildman–Crippen MR) is 80.4 cm³/mol. The van der Waals surface area contributed by atoms with E-state index in [9.17, 15) is 5.11 Å². The van der Waals surface area contributed by atoms with E-state index in [1.54, 1.807) is 0 Å². The number of unbranched alkanes of at least 4 members (excludes halogenated alkanes) is 1. The van der Waals surface area contributed by atoms with E-state index < -0.39 is 0 Å². The summed E-state index contributed by atoms with van der Waals surface area (Å²) < 4.78 is 0. The number of aliphatic hydroxyl groups is 1. The van der Waals surface area contributed by atoms with Crippen LogP contribution in [0.25, 0.3) is 0 Å². The number of anilines is 1. The molecule has 0 amide bonds. The first kappa shape index (κ1) is 16.2. The quantitative estimate of drug-likeness (QED) is 0.304. The van der Waals surface area contributed by atoms with E-state index in [-0.39, 0.29) is 12.4 Å². The Morgan fingerprint density at radius 3 is 2.65 bits per heavy atom. The van der Waals surface area contributed by atoms with Crippen molar-refractivity contribution in [2.24, 2.45) is 10.9 Å². The maximum absolute atomic E-state index is 9.24. The second-order valence-electron chi connectivity index (χ2n) is 4.83. The molecule has 6 heteroatoms. The van der Waals surface area contributed by atoms with E-state index in [1.807, 2.05) is 24.8 Å². The number of hydrogen-bond acceptors (Lipinski definition) is 5. The van der Waals surface area contributed by atoms with Crippen molar-refractivity contribution >= 4 is 11.7 Å². The molecule has 1 aromatic rings. The van der Waals surface area contributed by atoms with E-state index >= 15 is 0 Å². The van der Waals surface area contributed by atoms with Crippen LogP contribution in [0.3, 0.4) is 0 Å². The molecular weight excluding hydrogens is 256 g/mol. The highest BCUT2D eigenvalue weighted by molar-refractivity contribution is 6.02. The zero-order chi connectivity index (χ0) is 15.1. The third-order valence-electron chi connectivity index (χ3n) is 3.14. The van der Waals surface area contributed by atoms with Crippen molar-refractivity contribution in [3.63, 3.8) is 0 Å². The molecule has 112 valence electrons. The molecule has 4 N–H and O–H groups in total. The molecule has 0 aliphatic carbocycles. The molecule has 1 heterocycles. The monoisotopic (exact) mass is 280 g/mol. The first-order chi connectivity index (χ1) is 9.54. The molecule has 20 heavy (non-hydrogen) atoms. The van der Waals surface area contributed by atoms with E-state index in [2.05, 4.69) is 17.1 Å². The average molecular weight is 280 g/mol. The predicted octanol–water partition coefficient (Wildman–Crippen LogP) is 1.39. The van der Waals surface area contributed by atoms with E-state index in [0.717, 1.165) is 30.6 Å². The van der Waals surface area contributed by atoms with E-state index in [0.29, 0.717) is 17.9 Å².